The largest absolute Gasteiger partial charge is 0.522 e. The lowest BCUT2D eigenvalue weighted by molar-refractivity contribution is -0.0510. The molecular weight excluding hydrogens is 391 g/mol. The van der Waals surface area contributed by atoms with Gasteiger partial charge in [-0.05, 0) is 32.0 Å². The number of nitrogens with one attached hydrogen (secondary N) is 1. The van der Waals surface area contributed by atoms with Gasteiger partial charge in [-0.1, -0.05) is 12.1 Å². The van der Waals surface area contributed by atoms with Crippen molar-refractivity contribution in [1.29, 1.82) is 0 Å². The number of rotatable bonds is 2. The molecule has 2 amide bonds. The van der Waals surface area contributed by atoms with Crippen molar-refractivity contribution in [3.63, 3.8) is 0 Å². The summed E-state index contributed by atoms with van der Waals surface area (Å²) in [6.07, 6.45) is 0.0326. The molecule has 0 saturated carbocycles. The third-order valence-corrected chi connectivity index (χ3v) is 3.96. The van der Waals surface area contributed by atoms with Crippen molar-refractivity contribution in [2.45, 2.75) is 25.5 Å². The summed E-state index contributed by atoms with van der Waals surface area (Å²) in [6, 6.07) is 8.85. The van der Waals surface area contributed by atoms with E-state index in [-0.39, 0.29) is 17.9 Å². The summed E-state index contributed by atoms with van der Waals surface area (Å²) in [7, 11) is -5.84. The summed E-state index contributed by atoms with van der Waals surface area (Å²) in [6.45, 7) is 3.88. The highest BCUT2D eigenvalue weighted by atomic mass is 32.2. The lowest BCUT2D eigenvalue weighted by Crippen LogP contribution is -2.34. The predicted octanol–water partition coefficient (Wildman–Crippen LogP) is 2.90. The van der Waals surface area contributed by atoms with Crippen LogP contribution in [-0.2, 0) is 10.1 Å². The molecule has 0 saturated heterocycles. The fourth-order valence-corrected chi connectivity index (χ4v) is 2.35. The van der Waals surface area contributed by atoms with Crippen molar-refractivity contribution >= 4 is 32.7 Å². The molecule has 11 heteroatoms. The van der Waals surface area contributed by atoms with E-state index in [1.165, 1.54) is 0 Å². The Bertz CT molecular complexity index is 994. The molecule has 0 radical (unpaired) electrons. The third-order valence-electron chi connectivity index (χ3n) is 3.37. The molecule has 3 rings (SSSR count). The molecule has 0 fully saturated rings. The minimum atomic E-state index is -5.84. The molecule has 1 aliphatic heterocycles. The molecule has 7 nitrogen and oxygen atoms in total. The van der Waals surface area contributed by atoms with Crippen LogP contribution in [-0.4, -0.2) is 36.4 Å². The van der Waals surface area contributed by atoms with E-state index in [0.717, 1.165) is 5.39 Å². The van der Waals surface area contributed by atoms with E-state index in [1.807, 2.05) is 19.9 Å². The number of halogens is 3. The molecule has 0 bridgehead atoms. The Morgan fingerprint density at radius 3 is 2.04 bits per heavy atom. The number of alkyl halides is 3. The average Bonchev–Trinajstić information content (AvgIpc) is 2.51. The van der Waals surface area contributed by atoms with Crippen molar-refractivity contribution in [2.75, 3.05) is 0 Å². The summed E-state index contributed by atoms with van der Waals surface area (Å²) in [5, 5.41) is 3.81. The van der Waals surface area contributed by atoms with Crippen LogP contribution < -0.4 is 10.1 Å². The Hall–Kier alpha value is -2.66. The van der Waals surface area contributed by atoms with Gasteiger partial charge in [0.25, 0.3) is 11.8 Å². The van der Waals surface area contributed by atoms with Gasteiger partial charge >= 0.3 is 15.6 Å². The van der Waals surface area contributed by atoms with E-state index >= 15 is 0 Å². The van der Waals surface area contributed by atoms with Gasteiger partial charge in [0.2, 0.25) is 0 Å². The van der Waals surface area contributed by atoms with E-state index < -0.39 is 15.6 Å². The third kappa shape index (κ3) is 4.37. The zero-order valence-corrected chi connectivity index (χ0v) is 14.8. The van der Waals surface area contributed by atoms with Crippen molar-refractivity contribution in [3.05, 3.63) is 41.5 Å². The fourth-order valence-electron chi connectivity index (χ4n) is 2.35. The van der Waals surface area contributed by atoms with Gasteiger partial charge in [-0.25, -0.2) is 0 Å². The number of hydrogen-bond acceptors (Lipinski definition) is 5. The Balaban J connectivity index is 0.000000279. The standard InChI is InChI=1S/C15H13NO3.CHF3O3S/c1-8(2)19-12-7-6-11-13-9(12)4-3-5-10(13)14(17)16-15(11)18;2-1(3,4)8(5,6)7/h3-8H,1-2H3,(H,16,17,18);(H,5,6,7). The summed E-state index contributed by atoms with van der Waals surface area (Å²) >= 11 is 0. The van der Waals surface area contributed by atoms with Crippen LogP contribution >= 0.6 is 0 Å². The molecule has 146 valence electrons. The SMILES string of the molecule is CC(C)Oc1ccc2c3c(cccc13)C(=O)NC2=O.O=S(=O)(O)C(F)(F)F. The Morgan fingerprint density at radius 2 is 1.56 bits per heavy atom. The molecule has 0 atom stereocenters. The van der Waals surface area contributed by atoms with Gasteiger partial charge in [0.1, 0.15) is 5.75 Å². The van der Waals surface area contributed by atoms with Crippen LogP contribution in [0.4, 0.5) is 13.2 Å². The highest BCUT2D eigenvalue weighted by Gasteiger charge is 2.44. The van der Waals surface area contributed by atoms with Gasteiger partial charge in [0.05, 0.1) is 6.10 Å². The summed E-state index contributed by atoms with van der Waals surface area (Å²) in [4.78, 5) is 23.7. The maximum Gasteiger partial charge on any atom is 0.522 e. The molecule has 0 aliphatic carbocycles. The number of amides is 2. The van der Waals surface area contributed by atoms with Crippen molar-refractivity contribution in [1.82, 2.24) is 5.32 Å². The number of ether oxygens (including phenoxy) is 1. The van der Waals surface area contributed by atoms with Crippen LogP contribution in [0.3, 0.4) is 0 Å². The molecule has 0 spiro atoms. The normalized spacial score (nSPS) is 13.9. The van der Waals surface area contributed by atoms with Crippen LogP contribution in [0.25, 0.3) is 10.8 Å². The number of hydrogen-bond donors (Lipinski definition) is 2. The Kier molecular flexibility index (Phi) is 5.47. The second kappa shape index (κ2) is 7.16. The minimum Gasteiger partial charge on any atom is -0.490 e. The topological polar surface area (TPSA) is 110 Å². The average molecular weight is 405 g/mol. The van der Waals surface area contributed by atoms with Crippen LogP contribution in [0.2, 0.25) is 0 Å². The quantitative estimate of drug-likeness (QED) is 0.452. The molecule has 27 heavy (non-hydrogen) atoms. The van der Waals surface area contributed by atoms with Crippen LogP contribution in [0, 0.1) is 0 Å². The summed E-state index contributed by atoms with van der Waals surface area (Å²) in [5.41, 5.74) is -4.50. The maximum absolute atomic E-state index is 11.8. The van der Waals surface area contributed by atoms with Gasteiger partial charge in [0.15, 0.2) is 0 Å². The van der Waals surface area contributed by atoms with Gasteiger partial charge < -0.3 is 4.74 Å². The van der Waals surface area contributed by atoms with Crippen molar-refractivity contribution in [3.8, 4) is 5.75 Å². The minimum absolute atomic E-state index is 0.0326. The summed E-state index contributed by atoms with van der Waals surface area (Å²) in [5.74, 6) is -0.0207. The monoisotopic (exact) mass is 405 g/mol. The van der Waals surface area contributed by atoms with E-state index in [0.29, 0.717) is 22.3 Å². The van der Waals surface area contributed by atoms with Crippen LogP contribution in [0.15, 0.2) is 30.3 Å². The molecule has 2 aromatic rings. The number of imide groups is 1. The molecule has 0 aromatic heterocycles. The molecular formula is C16H14F3NO6S. The second-order valence-electron chi connectivity index (χ2n) is 5.71. The van der Waals surface area contributed by atoms with Crippen molar-refractivity contribution in [2.24, 2.45) is 0 Å². The first kappa shape index (κ1) is 20.6. The van der Waals surface area contributed by atoms with Gasteiger partial charge in [-0.2, -0.15) is 21.6 Å². The Morgan fingerprint density at radius 1 is 1.04 bits per heavy atom. The van der Waals surface area contributed by atoms with Gasteiger partial charge in [-0.15, -0.1) is 0 Å². The van der Waals surface area contributed by atoms with Crippen LogP contribution in [0.1, 0.15) is 34.6 Å². The highest BCUT2D eigenvalue weighted by molar-refractivity contribution is 7.86. The molecule has 1 heterocycles. The zero-order valence-electron chi connectivity index (χ0n) is 14.0. The second-order valence-corrected chi connectivity index (χ2v) is 7.12. The lowest BCUT2D eigenvalue weighted by Gasteiger charge is -2.19. The van der Waals surface area contributed by atoms with Crippen LogP contribution in [0.5, 0.6) is 5.75 Å². The zero-order chi connectivity index (χ0) is 20.6. The Labute approximate surface area is 151 Å². The maximum atomic E-state index is 11.8. The lowest BCUT2D eigenvalue weighted by atomic mass is 9.95. The molecule has 2 N–H and O–H groups in total. The molecule has 0 unspecified atom stereocenters. The van der Waals surface area contributed by atoms with Crippen molar-refractivity contribution < 1.29 is 40.5 Å². The number of carbonyl (C=O) groups is 2. The first-order valence-electron chi connectivity index (χ1n) is 7.44. The van der Waals surface area contributed by atoms with E-state index in [2.05, 4.69) is 5.32 Å². The van der Waals surface area contributed by atoms with E-state index in [1.54, 1.807) is 24.3 Å². The number of carbonyl (C=O) groups excluding carboxylic acids is 2. The van der Waals surface area contributed by atoms with E-state index in [4.69, 9.17) is 17.7 Å². The van der Waals surface area contributed by atoms with Gasteiger partial charge in [-0.3, -0.25) is 19.5 Å². The predicted molar refractivity (Wildman–Crippen MR) is 89.1 cm³/mol. The number of benzene rings is 2. The highest BCUT2D eigenvalue weighted by Crippen LogP contribution is 2.33. The van der Waals surface area contributed by atoms with E-state index in [9.17, 15) is 22.8 Å². The smallest absolute Gasteiger partial charge is 0.490 e. The fraction of sp³-hybridized carbons (Fsp3) is 0.250. The molecule has 2 aromatic carbocycles. The first-order chi connectivity index (χ1) is 12.3. The molecule has 1 aliphatic rings. The first-order valence-corrected chi connectivity index (χ1v) is 8.88. The van der Waals surface area contributed by atoms with Gasteiger partial charge in [0, 0.05) is 21.9 Å². The summed E-state index contributed by atoms with van der Waals surface area (Å²) < 4.78 is 63.3.